The van der Waals surface area contributed by atoms with E-state index in [2.05, 4.69) is 33.6 Å². The van der Waals surface area contributed by atoms with Gasteiger partial charge in [0.1, 0.15) is 22.6 Å². The molecule has 1 fully saturated rings. The van der Waals surface area contributed by atoms with E-state index in [-0.39, 0.29) is 5.82 Å². The Balaban J connectivity index is 1.69. The normalized spacial score (nSPS) is 14.5. The van der Waals surface area contributed by atoms with Crippen molar-refractivity contribution in [1.82, 2.24) is 19.7 Å². The molecule has 4 nitrogen and oxygen atoms in total. The molecule has 0 radical (unpaired) electrons. The van der Waals surface area contributed by atoms with Crippen molar-refractivity contribution in [1.29, 1.82) is 0 Å². The first kappa shape index (κ1) is 18.1. The van der Waals surface area contributed by atoms with Crippen LogP contribution in [-0.2, 0) is 18.4 Å². The largest absolute Gasteiger partial charge is 0.314 e. The average Bonchev–Trinajstić information content (AvgIpc) is 3.39. The van der Waals surface area contributed by atoms with Gasteiger partial charge in [-0.15, -0.1) is 10.2 Å². The molecular formula is C21H22ClFN4. The molecule has 3 aromatic rings. The van der Waals surface area contributed by atoms with Gasteiger partial charge in [-0.2, -0.15) is 0 Å². The summed E-state index contributed by atoms with van der Waals surface area (Å²) in [4.78, 5) is 4.50. The molecule has 0 bridgehead atoms. The second-order valence-electron chi connectivity index (χ2n) is 7.66. The van der Waals surface area contributed by atoms with Crippen LogP contribution in [0.3, 0.4) is 0 Å². The Labute approximate surface area is 163 Å². The lowest BCUT2D eigenvalue weighted by atomic mass is 9.87. The number of hydrogen-bond acceptors (Lipinski definition) is 3. The molecule has 1 aliphatic carbocycles. The molecule has 4 rings (SSSR count). The maximum atomic E-state index is 13.5. The Kier molecular flexibility index (Phi) is 4.72. The first-order valence-corrected chi connectivity index (χ1v) is 9.64. The Bertz CT molecular complexity index is 962. The first-order valence-electron chi connectivity index (χ1n) is 9.26. The van der Waals surface area contributed by atoms with Crippen molar-refractivity contribution < 1.29 is 4.39 Å². The van der Waals surface area contributed by atoms with Crippen molar-refractivity contribution >= 4 is 11.6 Å². The third kappa shape index (κ3) is 3.74. The Morgan fingerprint density at radius 2 is 1.93 bits per heavy atom. The molecule has 140 valence electrons. The molecular weight excluding hydrogens is 363 g/mol. The molecule has 2 aromatic heterocycles. The topological polar surface area (TPSA) is 43.6 Å². The second-order valence-corrected chi connectivity index (χ2v) is 8.05. The van der Waals surface area contributed by atoms with Crippen LogP contribution in [0, 0.1) is 5.82 Å². The second kappa shape index (κ2) is 7.04. The van der Waals surface area contributed by atoms with Crippen molar-refractivity contribution in [3.8, 4) is 0 Å². The van der Waals surface area contributed by atoms with Crippen LogP contribution < -0.4 is 0 Å². The molecule has 0 amide bonds. The summed E-state index contributed by atoms with van der Waals surface area (Å²) in [5.74, 6) is 2.16. The van der Waals surface area contributed by atoms with E-state index in [0.717, 1.165) is 42.2 Å². The molecule has 6 heteroatoms. The van der Waals surface area contributed by atoms with Crippen LogP contribution in [0.2, 0.25) is 5.15 Å². The fourth-order valence-corrected chi connectivity index (χ4v) is 3.61. The van der Waals surface area contributed by atoms with E-state index in [1.54, 1.807) is 18.2 Å². The summed E-state index contributed by atoms with van der Waals surface area (Å²) < 4.78 is 15.7. The molecule has 27 heavy (non-hydrogen) atoms. The number of aromatic nitrogens is 4. The molecule has 0 spiro atoms. The lowest BCUT2D eigenvalue weighted by molar-refractivity contribution is 0.508. The number of halogens is 2. The summed E-state index contributed by atoms with van der Waals surface area (Å²) in [5, 5.41) is 9.51. The van der Waals surface area contributed by atoms with Crippen LogP contribution in [-0.4, -0.2) is 19.7 Å². The summed E-state index contributed by atoms with van der Waals surface area (Å²) in [6.07, 6.45) is 3.02. The quantitative estimate of drug-likeness (QED) is 0.567. The number of benzene rings is 1. The summed E-state index contributed by atoms with van der Waals surface area (Å²) in [7, 11) is 0. The van der Waals surface area contributed by atoms with Gasteiger partial charge in [0, 0.05) is 12.5 Å². The predicted octanol–water partition coefficient (Wildman–Crippen LogP) is 4.91. The average molecular weight is 385 g/mol. The molecule has 0 atom stereocenters. The smallest absolute Gasteiger partial charge is 0.144 e. The number of nitrogens with zero attached hydrogens (tertiary/aromatic N) is 4. The number of pyridine rings is 1. The number of aryl methyl sites for hydroxylation is 1. The van der Waals surface area contributed by atoms with Crippen LogP contribution in [0.1, 0.15) is 55.5 Å². The van der Waals surface area contributed by atoms with Gasteiger partial charge >= 0.3 is 0 Å². The van der Waals surface area contributed by atoms with Crippen molar-refractivity contribution in [2.24, 2.45) is 0 Å². The summed E-state index contributed by atoms with van der Waals surface area (Å²) in [5.41, 5.74) is 1.39. The lowest BCUT2D eigenvalue weighted by Gasteiger charge is -2.25. The summed E-state index contributed by atoms with van der Waals surface area (Å²) in [6, 6.07) is 12.4. The van der Waals surface area contributed by atoms with E-state index in [1.807, 2.05) is 18.2 Å². The molecule has 0 aliphatic heterocycles. The van der Waals surface area contributed by atoms with Gasteiger partial charge in [0.2, 0.25) is 0 Å². The van der Waals surface area contributed by atoms with Crippen molar-refractivity contribution in [3.05, 3.63) is 76.3 Å². The Hall–Kier alpha value is -2.27. The maximum Gasteiger partial charge on any atom is 0.144 e. The third-order valence-electron chi connectivity index (χ3n) is 5.15. The monoisotopic (exact) mass is 384 g/mol. The van der Waals surface area contributed by atoms with Crippen LogP contribution in [0.25, 0.3) is 0 Å². The highest BCUT2D eigenvalue weighted by Gasteiger charge is 2.36. The minimum absolute atomic E-state index is 0.206. The minimum Gasteiger partial charge on any atom is -0.314 e. The van der Waals surface area contributed by atoms with E-state index >= 15 is 0 Å². The van der Waals surface area contributed by atoms with Gasteiger partial charge in [0.15, 0.2) is 0 Å². The minimum atomic E-state index is -0.438. The van der Waals surface area contributed by atoms with E-state index in [1.165, 1.54) is 6.07 Å². The summed E-state index contributed by atoms with van der Waals surface area (Å²) >= 11 is 6.11. The molecule has 1 aromatic carbocycles. The van der Waals surface area contributed by atoms with E-state index in [4.69, 9.17) is 11.6 Å². The Morgan fingerprint density at radius 3 is 2.63 bits per heavy atom. The van der Waals surface area contributed by atoms with E-state index < -0.39 is 5.41 Å². The van der Waals surface area contributed by atoms with Gasteiger partial charge in [-0.3, -0.25) is 0 Å². The molecule has 1 aliphatic rings. The summed E-state index contributed by atoms with van der Waals surface area (Å²) in [6.45, 7) is 4.89. The SMILES string of the molecule is CC(C)(c1cccc(Cl)n1)c1nnc(C2CC2)n1CCc1cccc(F)c1. The van der Waals surface area contributed by atoms with E-state index in [9.17, 15) is 4.39 Å². The number of hydrogen-bond donors (Lipinski definition) is 0. The van der Waals surface area contributed by atoms with Gasteiger partial charge in [0.25, 0.3) is 0 Å². The highest BCUT2D eigenvalue weighted by Crippen LogP contribution is 2.41. The van der Waals surface area contributed by atoms with Crippen molar-refractivity contribution in [2.45, 2.75) is 51.0 Å². The van der Waals surface area contributed by atoms with Crippen LogP contribution >= 0.6 is 11.6 Å². The van der Waals surface area contributed by atoms with E-state index in [0.29, 0.717) is 17.6 Å². The standard InChI is InChI=1S/C21H22ClFN4/c1-21(2,17-7-4-8-18(22)24-17)20-26-25-19(15-9-10-15)27(20)12-11-14-5-3-6-16(23)13-14/h3-8,13,15H,9-12H2,1-2H3. The van der Waals surface area contributed by atoms with Crippen molar-refractivity contribution in [2.75, 3.05) is 0 Å². The predicted molar refractivity (Wildman–Crippen MR) is 103 cm³/mol. The highest BCUT2D eigenvalue weighted by molar-refractivity contribution is 6.29. The van der Waals surface area contributed by atoms with Crippen LogP contribution in [0.4, 0.5) is 4.39 Å². The first-order chi connectivity index (χ1) is 12.9. The van der Waals surface area contributed by atoms with Gasteiger partial charge in [-0.1, -0.05) is 29.8 Å². The Morgan fingerprint density at radius 1 is 1.15 bits per heavy atom. The molecule has 0 N–H and O–H groups in total. The van der Waals surface area contributed by atoms with Gasteiger partial charge < -0.3 is 4.57 Å². The zero-order valence-electron chi connectivity index (χ0n) is 15.5. The van der Waals surface area contributed by atoms with Crippen LogP contribution in [0.5, 0.6) is 0 Å². The molecule has 1 saturated carbocycles. The maximum absolute atomic E-state index is 13.5. The zero-order chi connectivity index (χ0) is 19.0. The van der Waals surface area contributed by atoms with Gasteiger partial charge in [-0.25, -0.2) is 9.37 Å². The third-order valence-corrected chi connectivity index (χ3v) is 5.36. The van der Waals surface area contributed by atoms with Gasteiger partial charge in [0.05, 0.1) is 11.1 Å². The van der Waals surface area contributed by atoms with Gasteiger partial charge in [-0.05, 0) is 62.9 Å². The molecule has 0 unspecified atom stereocenters. The molecule has 2 heterocycles. The number of rotatable bonds is 6. The zero-order valence-corrected chi connectivity index (χ0v) is 16.2. The lowest BCUT2D eigenvalue weighted by Crippen LogP contribution is -2.27. The molecule has 0 saturated heterocycles. The van der Waals surface area contributed by atoms with Crippen molar-refractivity contribution in [3.63, 3.8) is 0 Å². The fraction of sp³-hybridized carbons (Fsp3) is 0.381. The highest BCUT2D eigenvalue weighted by atomic mass is 35.5. The van der Waals surface area contributed by atoms with Crippen LogP contribution in [0.15, 0.2) is 42.5 Å². The fourth-order valence-electron chi connectivity index (χ4n) is 3.45.